The second-order valence-corrected chi connectivity index (χ2v) is 10.1. The Hall–Kier alpha value is -3.43. The Morgan fingerprint density at radius 3 is 2.80 bits per heavy atom. The molecule has 1 aromatic heterocycles. The van der Waals surface area contributed by atoms with Gasteiger partial charge in [0, 0.05) is 55.7 Å². The summed E-state index contributed by atoms with van der Waals surface area (Å²) in [6.45, 7) is 4.01. The topological polar surface area (TPSA) is 84.0 Å². The van der Waals surface area contributed by atoms with Gasteiger partial charge < -0.3 is 19.7 Å². The summed E-state index contributed by atoms with van der Waals surface area (Å²) in [5.74, 6) is 0.647. The third kappa shape index (κ3) is 4.61. The van der Waals surface area contributed by atoms with Crippen LogP contribution in [0.25, 0.3) is 0 Å². The van der Waals surface area contributed by atoms with Crippen LogP contribution in [0.2, 0.25) is 0 Å². The lowest BCUT2D eigenvalue weighted by Crippen LogP contribution is -2.29. The molecule has 1 N–H and O–H groups in total. The Labute approximate surface area is 207 Å². The number of ether oxygens (including phenoxy) is 2. The monoisotopic (exact) mass is 490 g/mol. The van der Waals surface area contributed by atoms with Gasteiger partial charge in [0.25, 0.3) is 0 Å². The van der Waals surface area contributed by atoms with E-state index in [9.17, 15) is 9.59 Å². The minimum Gasteiger partial charge on any atom is -0.486 e. The third-order valence-corrected chi connectivity index (χ3v) is 7.62. The molecule has 0 radical (unpaired) electrons. The molecule has 1 atom stereocenters. The summed E-state index contributed by atoms with van der Waals surface area (Å²) in [6.07, 6.45) is 1.05. The molecule has 1 saturated heterocycles. The van der Waals surface area contributed by atoms with E-state index < -0.39 is 5.92 Å². The maximum Gasteiger partial charge on any atom is 0.231 e. The Balaban J connectivity index is 1.09. The number of rotatable bonds is 5. The summed E-state index contributed by atoms with van der Waals surface area (Å²) in [5, 5.41) is 3.59. The molecule has 4 heterocycles. The quantitative estimate of drug-likeness (QED) is 0.590. The Kier molecular flexibility index (Phi) is 5.87. The number of anilines is 2. The van der Waals surface area contributed by atoms with E-state index in [2.05, 4.69) is 39.5 Å². The number of fused-ring (bicyclic) bond motifs is 2. The van der Waals surface area contributed by atoms with Gasteiger partial charge in [0.15, 0.2) is 16.6 Å². The van der Waals surface area contributed by atoms with Crippen molar-refractivity contribution >= 4 is 34.0 Å². The van der Waals surface area contributed by atoms with Crippen LogP contribution in [-0.2, 0) is 29.1 Å². The van der Waals surface area contributed by atoms with Crippen molar-refractivity contribution in [2.75, 3.05) is 36.5 Å². The Morgan fingerprint density at radius 2 is 1.94 bits per heavy atom. The number of nitrogens with one attached hydrogen (secondary N) is 1. The van der Waals surface area contributed by atoms with E-state index in [0.717, 1.165) is 37.4 Å². The highest BCUT2D eigenvalue weighted by molar-refractivity contribution is 7.15. The van der Waals surface area contributed by atoms with Crippen LogP contribution in [0.4, 0.5) is 10.8 Å². The van der Waals surface area contributed by atoms with Crippen LogP contribution in [0.15, 0.2) is 48.5 Å². The van der Waals surface area contributed by atoms with Crippen LogP contribution >= 0.6 is 11.3 Å². The lowest BCUT2D eigenvalue weighted by atomic mass is 10.1. The normalized spacial score (nSPS) is 19.5. The molecule has 6 rings (SSSR count). The molecule has 0 saturated carbocycles. The molecule has 9 heteroatoms. The van der Waals surface area contributed by atoms with E-state index in [0.29, 0.717) is 36.4 Å². The Morgan fingerprint density at radius 1 is 1.11 bits per heavy atom. The van der Waals surface area contributed by atoms with Gasteiger partial charge in [-0.3, -0.25) is 14.5 Å². The average Bonchev–Trinajstić information content (AvgIpc) is 3.47. The third-order valence-electron chi connectivity index (χ3n) is 6.62. The number of nitrogens with zero attached hydrogens (tertiary/aromatic N) is 3. The summed E-state index contributed by atoms with van der Waals surface area (Å²) in [4.78, 5) is 35.7. The molecule has 3 aromatic rings. The zero-order valence-corrected chi connectivity index (χ0v) is 20.1. The molecule has 3 aliphatic rings. The number of hydrogen-bond donors (Lipinski definition) is 1. The van der Waals surface area contributed by atoms with Gasteiger partial charge in [0.2, 0.25) is 11.8 Å². The van der Waals surface area contributed by atoms with Crippen molar-refractivity contribution in [2.45, 2.75) is 25.9 Å². The van der Waals surface area contributed by atoms with Crippen molar-refractivity contribution < 1.29 is 19.1 Å². The molecule has 180 valence electrons. The van der Waals surface area contributed by atoms with E-state index in [-0.39, 0.29) is 18.2 Å². The fraction of sp³-hybridized carbons (Fsp3) is 0.346. The second kappa shape index (κ2) is 9.31. The molecular weight excluding hydrogens is 464 g/mol. The molecule has 3 aliphatic heterocycles. The molecular formula is C26H26N4O4S. The van der Waals surface area contributed by atoms with Crippen LogP contribution in [0.1, 0.15) is 22.6 Å². The molecule has 0 spiro atoms. The van der Waals surface area contributed by atoms with Crippen LogP contribution in [0.5, 0.6) is 11.5 Å². The SMILES string of the molecule is O=C(Nc1nc2c(s1)CN(Cc1ccccc1)CC2)[C@H]1CC(=O)N(c2ccc3c(c2)OCCO3)C1. The first-order valence-electron chi connectivity index (χ1n) is 11.9. The van der Waals surface area contributed by atoms with E-state index in [1.165, 1.54) is 21.8 Å². The fourth-order valence-corrected chi connectivity index (χ4v) is 5.87. The van der Waals surface area contributed by atoms with Crippen molar-refractivity contribution in [1.29, 1.82) is 0 Å². The number of benzene rings is 2. The van der Waals surface area contributed by atoms with Crippen molar-refractivity contribution in [3.63, 3.8) is 0 Å². The molecule has 2 aromatic carbocycles. The van der Waals surface area contributed by atoms with E-state index in [1.54, 1.807) is 4.90 Å². The second-order valence-electron chi connectivity index (χ2n) is 9.06. The molecule has 1 fully saturated rings. The highest BCUT2D eigenvalue weighted by atomic mass is 32.1. The van der Waals surface area contributed by atoms with Crippen molar-refractivity contribution in [1.82, 2.24) is 9.88 Å². The van der Waals surface area contributed by atoms with E-state index in [4.69, 9.17) is 9.47 Å². The first-order chi connectivity index (χ1) is 17.1. The lowest BCUT2D eigenvalue weighted by molar-refractivity contribution is -0.122. The number of thiazole rings is 1. The number of aromatic nitrogens is 1. The smallest absolute Gasteiger partial charge is 0.231 e. The molecule has 0 unspecified atom stereocenters. The van der Waals surface area contributed by atoms with Gasteiger partial charge >= 0.3 is 0 Å². The summed E-state index contributed by atoms with van der Waals surface area (Å²) >= 11 is 1.54. The van der Waals surface area contributed by atoms with Crippen LogP contribution in [0, 0.1) is 5.92 Å². The molecule has 35 heavy (non-hydrogen) atoms. The predicted octanol–water partition coefficient (Wildman–Crippen LogP) is 3.46. The van der Waals surface area contributed by atoms with Crippen LogP contribution in [0.3, 0.4) is 0 Å². The van der Waals surface area contributed by atoms with Crippen molar-refractivity contribution in [2.24, 2.45) is 5.92 Å². The summed E-state index contributed by atoms with van der Waals surface area (Å²) in [6, 6.07) is 15.9. The number of carbonyl (C=O) groups excluding carboxylic acids is 2. The van der Waals surface area contributed by atoms with Gasteiger partial charge in [0.05, 0.1) is 11.6 Å². The fourth-order valence-electron chi connectivity index (χ4n) is 4.82. The summed E-state index contributed by atoms with van der Waals surface area (Å²) in [5.41, 5.74) is 3.08. The average molecular weight is 491 g/mol. The zero-order valence-electron chi connectivity index (χ0n) is 19.2. The van der Waals surface area contributed by atoms with E-state index >= 15 is 0 Å². The van der Waals surface area contributed by atoms with E-state index in [1.807, 2.05) is 24.3 Å². The molecule has 2 amide bonds. The summed E-state index contributed by atoms with van der Waals surface area (Å²) in [7, 11) is 0. The van der Waals surface area contributed by atoms with Crippen molar-refractivity contribution in [3.8, 4) is 11.5 Å². The largest absolute Gasteiger partial charge is 0.486 e. The van der Waals surface area contributed by atoms with Crippen LogP contribution < -0.4 is 19.7 Å². The maximum absolute atomic E-state index is 13.0. The van der Waals surface area contributed by atoms with Gasteiger partial charge in [-0.2, -0.15) is 0 Å². The van der Waals surface area contributed by atoms with Crippen LogP contribution in [-0.4, -0.2) is 48.0 Å². The minimum atomic E-state index is -0.425. The van der Waals surface area contributed by atoms with Crippen molar-refractivity contribution in [3.05, 3.63) is 64.7 Å². The highest BCUT2D eigenvalue weighted by Crippen LogP contribution is 2.36. The number of amides is 2. The molecule has 8 nitrogen and oxygen atoms in total. The minimum absolute atomic E-state index is 0.0724. The number of carbonyl (C=O) groups is 2. The first kappa shape index (κ1) is 22.1. The van der Waals surface area contributed by atoms with Gasteiger partial charge in [-0.25, -0.2) is 4.98 Å². The zero-order chi connectivity index (χ0) is 23.8. The maximum atomic E-state index is 13.0. The Bertz CT molecular complexity index is 1260. The number of hydrogen-bond acceptors (Lipinski definition) is 7. The van der Waals surface area contributed by atoms with Gasteiger partial charge in [0.1, 0.15) is 13.2 Å². The first-order valence-corrected chi connectivity index (χ1v) is 12.7. The lowest BCUT2D eigenvalue weighted by Gasteiger charge is -2.25. The van der Waals surface area contributed by atoms with Gasteiger partial charge in [-0.15, -0.1) is 11.3 Å². The molecule has 0 bridgehead atoms. The summed E-state index contributed by atoms with van der Waals surface area (Å²) < 4.78 is 11.2. The standard InChI is InChI=1S/C26H26N4O4S/c31-24-12-18(15-30(24)19-6-7-21-22(13-19)34-11-10-33-21)25(32)28-26-27-20-8-9-29(16-23(20)35-26)14-17-4-2-1-3-5-17/h1-7,13,18H,8-12,14-16H2,(H,27,28,32)/t18-/m0/s1. The van der Waals surface area contributed by atoms with Gasteiger partial charge in [-0.05, 0) is 17.7 Å². The van der Waals surface area contributed by atoms with Gasteiger partial charge in [-0.1, -0.05) is 30.3 Å². The predicted molar refractivity (Wildman–Crippen MR) is 133 cm³/mol. The molecule has 0 aliphatic carbocycles. The highest BCUT2D eigenvalue weighted by Gasteiger charge is 2.36.